The summed E-state index contributed by atoms with van der Waals surface area (Å²) in [7, 11) is 0. The van der Waals surface area contributed by atoms with Crippen LogP contribution in [0.25, 0.3) is 10.2 Å². The zero-order chi connectivity index (χ0) is 27.4. The van der Waals surface area contributed by atoms with Crippen molar-refractivity contribution < 1.29 is 19.5 Å². The molecule has 4 aromatic carbocycles. The van der Waals surface area contributed by atoms with Crippen molar-refractivity contribution in [3.63, 3.8) is 0 Å². The van der Waals surface area contributed by atoms with Gasteiger partial charge < -0.3 is 15.7 Å². The maximum Gasteiger partial charge on any atom is 0.336 e. The van der Waals surface area contributed by atoms with Crippen LogP contribution in [0.3, 0.4) is 0 Å². The second-order valence-electron chi connectivity index (χ2n) is 8.72. The first-order chi connectivity index (χ1) is 18.9. The van der Waals surface area contributed by atoms with Crippen LogP contribution in [-0.4, -0.2) is 27.9 Å². The van der Waals surface area contributed by atoms with Crippen LogP contribution in [-0.2, 0) is 4.79 Å². The van der Waals surface area contributed by atoms with Gasteiger partial charge in [0.2, 0.25) is 5.91 Å². The molecule has 194 valence electrons. The lowest BCUT2D eigenvalue weighted by atomic mass is 10.1. The van der Waals surface area contributed by atoms with Crippen molar-refractivity contribution in [2.75, 3.05) is 10.6 Å². The molecule has 0 saturated carbocycles. The molecule has 3 N–H and O–H groups in total. The molecule has 1 unspecified atom stereocenters. The highest BCUT2D eigenvalue weighted by molar-refractivity contribution is 8.00. The number of anilines is 2. The van der Waals surface area contributed by atoms with Crippen LogP contribution in [0, 0.1) is 6.92 Å². The van der Waals surface area contributed by atoms with E-state index in [1.54, 1.807) is 24.3 Å². The van der Waals surface area contributed by atoms with E-state index in [9.17, 15) is 19.5 Å². The Morgan fingerprint density at radius 2 is 1.54 bits per heavy atom. The van der Waals surface area contributed by atoms with Gasteiger partial charge in [-0.3, -0.25) is 9.59 Å². The fraction of sp³-hybridized carbons (Fsp3) is 0.0667. The smallest absolute Gasteiger partial charge is 0.336 e. The lowest BCUT2D eigenvalue weighted by Gasteiger charge is -2.16. The number of hydrogen-bond acceptors (Lipinski definition) is 6. The molecule has 7 nitrogen and oxygen atoms in total. The Morgan fingerprint density at radius 3 is 2.26 bits per heavy atom. The van der Waals surface area contributed by atoms with E-state index in [1.165, 1.54) is 35.2 Å². The number of amides is 2. The average molecular weight is 554 g/mol. The summed E-state index contributed by atoms with van der Waals surface area (Å²) < 4.78 is 1.01. The van der Waals surface area contributed by atoms with E-state index in [2.05, 4.69) is 15.6 Å². The van der Waals surface area contributed by atoms with E-state index in [0.29, 0.717) is 10.8 Å². The van der Waals surface area contributed by atoms with Crippen molar-refractivity contribution in [1.29, 1.82) is 0 Å². The Bertz CT molecular complexity index is 1670. The van der Waals surface area contributed by atoms with Crippen LogP contribution in [0.1, 0.15) is 37.1 Å². The number of rotatable bonds is 8. The third-order valence-electron chi connectivity index (χ3n) is 5.88. The first-order valence-corrected chi connectivity index (χ1v) is 13.7. The van der Waals surface area contributed by atoms with Crippen molar-refractivity contribution in [3.8, 4) is 0 Å². The lowest BCUT2D eigenvalue weighted by Crippen LogP contribution is -2.19. The maximum atomic E-state index is 13.4. The minimum atomic E-state index is -1.17. The molecule has 0 aliphatic rings. The molecular weight excluding hydrogens is 530 g/mol. The Hall–Kier alpha value is -4.47. The zero-order valence-corrected chi connectivity index (χ0v) is 22.4. The van der Waals surface area contributed by atoms with Crippen LogP contribution in [0.5, 0.6) is 0 Å². The summed E-state index contributed by atoms with van der Waals surface area (Å²) in [5.74, 6) is -1.87. The molecule has 5 rings (SSSR count). The van der Waals surface area contributed by atoms with Crippen LogP contribution in [0.4, 0.5) is 10.8 Å². The summed E-state index contributed by atoms with van der Waals surface area (Å²) in [4.78, 5) is 43.0. The van der Waals surface area contributed by atoms with Gasteiger partial charge in [0.05, 0.1) is 21.3 Å². The predicted octanol–water partition coefficient (Wildman–Crippen LogP) is 7.03. The number of thioether (sulfide) groups is 1. The predicted molar refractivity (Wildman–Crippen MR) is 156 cm³/mol. The van der Waals surface area contributed by atoms with Gasteiger partial charge in [0, 0.05) is 10.6 Å². The molecule has 2 amide bonds. The third-order valence-corrected chi connectivity index (χ3v) is 8.08. The van der Waals surface area contributed by atoms with Crippen molar-refractivity contribution in [1.82, 2.24) is 4.98 Å². The molecule has 0 fully saturated rings. The molecular formula is C30H23N3O4S2. The maximum absolute atomic E-state index is 13.4. The number of benzene rings is 4. The molecule has 0 spiro atoms. The standard InChI is InChI=1S/C30H23N3O4S2/c1-18-11-16-24-25(17-18)39-30(32-24)33-28(35)26(19-7-3-2-4-8-19)38-21-14-12-20(13-15-21)31-27(34)22-9-5-6-10-23(22)29(36)37/h2-17,26H,1H3,(H,31,34)(H,36,37)(H,32,33,35). The zero-order valence-electron chi connectivity index (χ0n) is 20.8. The average Bonchev–Trinajstić information content (AvgIpc) is 3.34. The van der Waals surface area contributed by atoms with E-state index in [4.69, 9.17) is 0 Å². The van der Waals surface area contributed by atoms with Gasteiger partial charge >= 0.3 is 5.97 Å². The van der Waals surface area contributed by atoms with E-state index in [-0.39, 0.29) is 17.0 Å². The summed E-state index contributed by atoms with van der Waals surface area (Å²) in [5.41, 5.74) is 3.34. The van der Waals surface area contributed by atoms with Gasteiger partial charge in [-0.25, -0.2) is 9.78 Å². The van der Waals surface area contributed by atoms with Crippen LogP contribution < -0.4 is 10.6 Å². The summed E-state index contributed by atoms with van der Waals surface area (Å²) in [5, 5.41) is 15.1. The second-order valence-corrected chi connectivity index (χ2v) is 10.9. The number of carbonyl (C=O) groups excluding carboxylic acids is 2. The number of carbonyl (C=O) groups is 3. The normalized spacial score (nSPS) is 11.6. The highest BCUT2D eigenvalue weighted by atomic mass is 32.2. The molecule has 9 heteroatoms. The first kappa shape index (κ1) is 26.1. The number of fused-ring (bicyclic) bond motifs is 1. The molecule has 5 aromatic rings. The third kappa shape index (κ3) is 6.17. The van der Waals surface area contributed by atoms with Gasteiger partial charge in [-0.15, -0.1) is 11.8 Å². The molecule has 1 heterocycles. The largest absolute Gasteiger partial charge is 0.478 e. The number of aryl methyl sites for hydroxylation is 1. The Labute approximate surface area is 232 Å². The monoisotopic (exact) mass is 553 g/mol. The fourth-order valence-corrected chi connectivity index (χ4v) is 5.97. The highest BCUT2D eigenvalue weighted by Gasteiger charge is 2.23. The first-order valence-electron chi connectivity index (χ1n) is 12.0. The van der Waals surface area contributed by atoms with Gasteiger partial charge in [-0.05, 0) is 66.6 Å². The molecule has 0 aliphatic heterocycles. The minimum absolute atomic E-state index is 0.0675. The van der Waals surface area contributed by atoms with Gasteiger partial charge in [0.1, 0.15) is 5.25 Å². The molecule has 0 saturated heterocycles. The number of aromatic carboxylic acids is 1. The lowest BCUT2D eigenvalue weighted by molar-refractivity contribution is -0.115. The number of thiazole rings is 1. The van der Waals surface area contributed by atoms with Crippen molar-refractivity contribution >= 4 is 61.9 Å². The van der Waals surface area contributed by atoms with Crippen molar-refractivity contribution in [3.05, 3.63) is 119 Å². The Balaban J connectivity index is 1.32. The summed E-state index contributed by atoms with van der Waals surface area (Å²) in [6, 6.07) is 28.6. The van der Waals surface area contributed by atoms with E-state index in [0.717, 1.165) is 26.2 Å². The second kappa shape index (κ2) is 11.5. The van der Waals surface area contributed by atoms with Gasteiger partial charge in [-0.2, -0.15) is 0 Å². The van der Waals surface area contributed by atoms with Crippen molar-refractivity contribution in [2.45, 2.75) is 17.1 Å². The number of carboxylic acids is 1. The SMILES string of the molecule is Cc1ccc2nc(NC(=O)C(Sc3ccc(NC(=O)c4ccccc4C(=O)O)cc3)c3ccccc3)sc2c1. The summed E-state index contributed by atoms with van der Waals surface area (Å²) in [6.45, 7) is 2.02. The number of aromatic nitrogens is 1. The molecule has 0 bridgehead atoms. The Kier molecular flexibility index (Phi) is 7.72. The van der Waals surface area contributed by atoms with E-state index >= 15 is 0 Å². The quantitative estimate of drug-likeness (QED) is 0.178. The molecule has 0 aliphatic carbocycles. The molecule has 1 aromatic heterocycles. The van der Waals surface area contributed by atoms with Gasteiger partial charge in [0.25, 0.3) is 5.91 Å². The fourth-order valence-electron chi connectivity index (χ4n) is 3.98. The van der Waals surface area contributed by atoms with Gasteiger partial charge in [0.15, 0.2) is 5.13 Å². The molecule has 1 atom stereocenters. The summed E-state index contributed by atoms with van der Waals surface area (Å²) >= 11 is 2.82. The number of nitrogens with one attached hydrogen (secondary N) is 2. The topological polar surface area (TPSA) is 108 Å². The van der Waals surface area contributed by atoms with E-state index < -0.39 is 17.1 Å². The van der Waals surface area contributed by atoms with Gasteiger partial charge in [-0.1, -0.05) is 59.9 Å². The highest BCUT2D eigenvalue weighted by Crippen LogP contribution is 2.37. The van der Waals surface area contributed by atoms with Crippen LogP contribution in [0.2, 0.25) is 0 Å². The van der Waals surface area contributed by atoms with Crippen LogP contribution >= 0.6 is 23.1 Å². The molecule has 39 heavy (non-hydrogen) atoms. The Morgan fingerprint density at radius 1 is 0.846 bits per heavy atom. The van der Waals surface area contributed by atoms with Crippen LogP contribution in [0.15, 0.2) is 102 Å². The van der Waals surface area contributed by atoms with E-state index in [1.807, 2.05) is 67.6 Å². The van der Waals surface area contributed by atoms with Crippen molar-refractivity contribution in [2.24, 2.45) is 0 Å². The minimum Gasteiger partial charge on any atom is -0.478 e. The number of hydrogen-bond donors (Lipinski definition) is 3. The molecule has 0 radical (unpaired) electrons. The summed E-state index contributed by atoms with van der Waals surface area (Å²) in [6.07, 6.45) is 0. The number of nitrogens with zero attached hydrogens (tertiary/aromatic N) is 1. The number of carboxylic acid groups (broad SMARTS) is 1.